The summed E-state index contributed by atoms with van der Waals surface area (Å²) >= 11 is 5.68. The lowest BCUT2D eigenvalue weighted by molar-refractivity contribution is 0.330. The van der Waals surface area contributed by atoms with Crippen molar-refractivity contribution >= 4 is 11.6 Å². The lowest BCUT2D eigenvalue weighted by Gasteiger charge is -2.26. The molecule has 0 aliphatic carbocycles. The first-order valence-electron chi connectivity index (χ1n) is 6.45. The molecule has 102 valence electrons. The van der Waals surface area contributed by atoms with Crippen LogP contribution in [0.5, 0.6) is 0 Å². The highest BCUT2D eigenvalue weighted by Gasteiger charge is 2.18. The van der Waals surface area contributed by atoms with E-state index in [1.807, 2.05) is 6.07 Å². The van der Waals surface area contributed by atoms with Crippen LogP contribution in [-0.4, -0.2) is 13.1 Å². The topological polar surface area (TPSA) is 12.0 Å². The highest BCUT2D eigenvalue weighted by atomic mass is 35.5. The SMILES string of the molecule is CC(C)CNCC(C)(C)Cc1ccc(Cl)c(F)c1. The Bertz CT molecular complexity index is 388. The van der Waals surface area contributed by atoms with Gasteiger partial charge in [-0.1, -0.05) is 45.4 Å². The van der Waals surface area contributed by atoms with Gasteiger partial charge in [-0.3, -0.25) is 0 Å². The molecule has 0 unspecified atom stereocenters. The summed E-state index contributed by atoms with van der Waals surface area (Å²) in [6.07, 6.45) is 0.839. The molecule has 0 aliphatic heterocycles. The van der Waals surface area contributed by atoms with Crippen LogP contribution in [0.4, 0.5) is 4.39 Å². The standard InChI is InChI=1S/C15H23ClFN/c1-11(2)9-18-10-15(3,4)8-12-5-6-13(16)14(17)7-12/h5-7,11,18H,8-10H2,1-4H3. The average molecular weight is 272 g/mol. The Morgan fingerprint density at radius 2 is 2.00 bits per heavy atom. The smallest absolute Gasteiger partial charge is 0.142 e. The second kappa shape index (κ2) is 6.53. The van der Waals surface area contributed by atoms with E-state index in [1.54, 1.807) is 6.07 Å². The molecule has 1 N–H and O–H groups in total. The average Bonchev–Trinajstić information content (AvgIpc) is 2.22. The fraction of sp³-hybridized carbons (Fsp3) is 0.600. The normalized spacial score (nSPS) is 12.2. The van der Waals surface area contributed by atoms with E-state index in [4.69, 9.17) is 11.6 Å². The summed E-state index contributed by atoms with van der Waals surface area (Å²) < 4.78 is 13.4. The van der Waals surface area contributed by atoms with Crippen LogP contribution in [0.25, 0.3) is 0 Å². The maximum absolute atomic E-state index is 13.4. The van der Waals surface area contributed by atoms with Gasteiger partial charge >= 0.3 is 0 Å². The molecule has 3 heteroatoms. The summed E-state index contributed by atoms with van der Waals surface area (Å²) in [5.41, 5.74) is 1.10. The van der Waals surface area contributed by atoms with Crippen molar-refractivity contribution in [2.24, 2.45) is 11.3 Å². The van der Waals surface area contributed by atoms with Gasteiger partial charge in [-0.25, -0.2) is 4.39 Å². The molecule has 18 heavy (non-hydrogen) atoms. The Balaban J connectivity index is 2.55. The minimum Gasteiger partial charge on any atom is -0.316 e. The van der Waals surface area contributed by atoms with Gasteiger partial charge in [0, 0.05) is 6.54 Å². The highest BCUT2D eigenvalue weighted by Crippen LogP contribution is 2.23. The minimum absolute atomic E-state index is 0.106. The molecule has 0 saturated carbocycles. The molecule has 1 rings (SSSR count). The zero-order chi connectivity index (χ0) is 13.8. The van der Waals surface area contributed by atoms with E-state index in [2.05, 4.69) is 33.0 Å². The lowest BCUT2D eigenvalue weighted by Crippen LogP contribution is -2.33. The van der Waals surface area contributed by atoms with Crippen LogP contribution in [0.1, 0.15) is 33.3 Å². The van der Waals surface area contributed by atoms with E-state index < -0.39 is 0 Å². The Kier molecular flexibility index (Phi) is 5.61. The third-order valence-corrected chi connectivity index (χ3v) is 3.13. The largest absolute Gasteiger partial charge is 0.316 e. The van der Waals surface area contributed by atoms with Gasteiger partial charge in [-0.15, -0.1) is 0 Å². The van der Waals surface area contributed by atoms with E-state index in [0.717, 1.165) is 25.1 Å². The fourth-order valence-electron chi connectivity index (χ4n) is 1.96. The minimum atomic E-state index is -0.333. The summed E-state index contributed by atoms with van der Waals surface area (Å²) in [5.74, 6) is 0.314. The summed E-state index contributed by atoms with van der Waals surface area (Å²) in [5, 5.41) is 3.64. The highest BCUT2D eigenvalue weighted by molar-refractivity contribution is 6.30. The van der Waals surface area contributed by atoms with Crippen molar-refractivity contribution in [3.63, 3.8) is 0 Å². The monoisotopic (exact) mass is 271 g/mol. The summed E-state index contributed by atoms with van der Waals surface area (Å²) in [6.45, 7) is 10.7. The van der Waals surface area contributed by atoms with Crippen molar-refractivity contribution in [1.29, 1.82) is 0 Å². The molecule has 0 radical (unpaired) electrons. The molecule has 1 aromatic rings. The van der Waals surface area contributed by atoms with Gasteiger partial charge in [0.1, 0.15) is 5.82 Å². The first-order chi connectivity index (χ1) is 8.30. The number of benzene rings is 1. The van der Waals surface area contributed by atoms with Gasteiger partial charge in [-0.2, -0.15) is 0 Å². The molecule has 0 fully saturated rings. The van der Waals surface area contributed by atoms with Crippen LogP contribution in [-0.2, 0) is 6.42 Å². The van der Waals surface area contributed by atoms with Crippen LogP contribution in [0, 0.1) is 17.2 Å². The maximum Gasteiger partial charge on any atom is 0.142 e. The van der Waals surface area contributed by atoms with Crippen molar-refractivity contribution < 1.29 is 4.39 Å². The third kappa shape index (κ3) is 5.36. The van der Waals surface area contributed by atoms with E-state index in [-0.39, 0.29) is 16.3 Å². The van der Waals surface area contributed by atoms with Crippen molar-refractivity contribution in [3.8, 4) is 0 Å². The maximum atomic E-state index is 13.4. The number of hydrogen-bond acceptors (Lipinski definition) is 1. The van der Waals surface area contributed by atoms with Crippen molar-refractivity contribution in [2.45, 2.75) is 34.1 Å². The molecular weight excluding hydrogens is 249 g/mol. The molecule has 0 bridgehead atoms. The van der Waals surface area contributed by atoms with Crippen molar-refractivity contribution in [1.82, 2.24) is 5.32 Å². The van der Waals surface area contributed by atoms with E-state index >= 15 is 0 Å². The second-order valence-electron chi connectivity index (χ2n) is 6.11. The quantitative estimate of drug-likeness (QED) is 0.814. The van der Waals surface area contributed by atoms with Crippen molar-refractivity contribution in [3.05, 3.63) is 34.6 Å². The van der Waals surface area contributed by atoms with Crippen molar-refractivity contribution in [2.75, 3.05) is 13.1 Å². The zero-order valence-corrected chi connectivity index (χ0v) is 12.4. The van der Waals surface area contributed by atoms with Gasteiger partial charge in [0.2, 0.25) is 0 Å². The Labute approximate surface area is 115 Å². The molecule has 0 saturated heterocycles. The van der Waals surface area contributed by atoms with E-state index in [9.17, 15) is 4.39 Å². The molecule has 1 aromatic carbocycles. The lowest BCUT2D eigenvalue weighted by atomic mass is 9.85. The second-order valence-corrected chi connectivity index (χ2v) is 6.52. The molecule has 1 nitrogen and oxygen atoms in total. The first-order valence-corrected chi connectivity index (χ1v) is 6.82. The number of hydrogen-bond donors (Lipinski definition) is 1. The Hall–Kier alpha value is -0.600. The van der Waals surface area contributed by atoms with E-state index in [1.165, 1.54) is 6.07 Å². The van der Waals surface area contributed by atoms with Gasteiger partial charge in [0.15, 0.2) is 0 Å². The molecule has 0 spiro atoms. The van der Waals surface area contributed by atoms with Gasteiger partial charge in [-0.05, 0) is 42.0 Å². The van der Waals surface area contributed by atoms with Crippen LogP contribution in [0.2, 0.25) is 5.02 Å². The van der Waals surface area contributed by atoms with Crippen LogP contribution < -0.4 is 5.32 Å². The molecule has 0 aliphatic rings. The molecule has 0 aromatic heterocycles. The molecule has 0 heterocycles. The summed E-state index contributed by atoms with van der Waals surface area (Å²) in [6, 6.07) is 5.06. The van der Waals surface area contributed by atoms with E-state index in [0.29, 0.717) is 5.92 Å². The van der Waals surface area contributed by atoms with Crippen LogP contribution in [0.15, 0.2) is 18.2 Å². The number of nitrogens with one attached hydrogen (secondary N) is 1. The molecular formula is C15H23ClFN. The summed E-state index contributed by atoms with van der Waals surface area (Å²) in [7, 11) is 0. The third-order valence-electron chi connectivity index (χ3n) is 2.82. The molecule has 0 atom stereocenters. The molecule has 0 amide bonds. The van der Waals surface area contributed by atoms with Crippen LogP contribution >= 0.6 is 11.6 Å². The predicted octanol–water partition coefficient (Wildman–Crippen LogP) is 4.29. The fourth-order valence-corrected chi connectivity index (χ4v) is 2.08. The first kappa shape index (κ1) is 15.5. The Morgan fingerprint density at radius 3 is 2.56 bits per heavy atom. The zero-order valence-electron chi connectivity index (χ0n) is 11.7. The van der Waals surface area contributed by atoms with Gasteiger partial charge < -0.3 is 5.32 Å². The Morgan fingerprint density at radius 1 is 1.33 bits per heavy atom. The predicted molar refractivity (Wildman–Crippen MR) is 76.6 cm³/mol. The van der Waals surface area contributed by atoms with Crippen LogP contribution in [0.3, 0.4) is 0 Å². The van der Waals surface area contributed by atoms with Gasteiger partial charge in [0.05, 0.1) is 5.02 Å². The van der Waals surface area contributed by atoms with Gasteiger partial charge in [0.25, 0.3) is 0 Å². The summed E-state index contributed by atoms with van der Waals surface area (Å²) in [4.78, 5) is 0. The number of halogens is 2. The number of rotatable bonds is 6.